The van der Waals surface area contributed by atoms with Crippen LogP contribution in [0.5, 0.6) is 0 Å². The predicted molar refractivity (Wildman–Crippen MR) is 284 cm³/mol. The molecule has 368 valence electrons. The SMILES string of the molecule is CCCCCCCCCc1cnc(-c2ccc(C(OC(c3ccc(-c4cnc(CCCCCCCCC)cn4)cc3)C3CCC(CCCCC)CC3)C3CCC(CCCCC)CC3)cc2)cn1. The van der Waals surface area contributed by atoms with Gasteiger partial charge in [0.2, 0.25) is 0 Å². The third-order valence-corrected chi connectivity index (χ3v) is 15.9. The molecule has 5 nitrogen and oxygen atoms in total. The average Bonchev–Trinajstić information content (AvgIpc) is 3.37. The Balaban J connectivity index is 1.18. The average molecular weight is 911 g/mol. The van der Waals surface area contributed by atoms with Gasteiger partial charge in [-0.15, -0.1) is 0 Å². The molecule has 2 fully saturated rings. The predicted octanol–water partition coefficient (Wildman–Crippen LogP) is 18.8. The van der Waals surface area contributed by atoms with Crippen molar-refractivity contribution in [1.82, 2.24) is 19.9 Å². The van der Waals surface area contributed by atoms with E-state index >= 15 is 0 Å². The van der Waals surface area contributed by atoms with Gasteiger partial charge < -0.3 is 4.74 Å². The second-order valence-corrected chi connectivity index (χ2v) is 21.3. The third kappa shape index (κ3) is 18.1. The molecule has 2 aliphatic carbocycles. The zero-order valence-electron chi connectivity index (χ0n) is 43.2. The quantitative estimate of drug-likeness (QED) is 0.0457. The molecule has 67 heavy (non-hydrogen) atoms. The van der Waals surface area contributed by atoms with Crippen molar-refractivity contribution in [3.8, 4) is 22.5 Å². The van der Waals surface area contributed by atoms with E-state index < -0.39 is 0 Å². The smallest absolute Gasteiger partial charge is 0.0885 e. The summed E-state index contributed by atoms with van der Waals surface area (Å²) in [5.74, 6) is 2.76. The zero-order valence-corrected chi connectivity index (χ0v) is 43.2. The lowest BCUT2D eigenvalue weighted by atomic mass is 9.74. The lowest BCUT2D eigenvalue weighted by Gasteiger charge is -2.40. The fourth-order valence-electron chi connectivity index (χ4n) is 11.5. The number of unbranched alkanes of at least 4 members (excludes halogenated alkanes) is 16. The summed E-state index contributed by atoms with van der Waals surface area (Å²) in [6, 6.07) is 18.6. The van der Waals surface area contributed by atoms with Gasteiger partial charge in [0.15, 0.2) is 0 Å². The first-order chi connectivity index (χ1) is 33.1. The van der Waals surface area contributed by atoms with E-state index in [1.807, 2.05) is 24.8 Å². The lowest BCUT2D eigenvalue weighted by Crippen LogP contribution is -2.28. The maximum atomic E-state index is 7.78. The first-order valence-electron chi connectivity index (χ1n) is 28.6. The topological polar surface area (TPSA) is 60.8 Å². The van der Waals surface area contributed by atoms with Crippen LogP contribution >= 0.6 is 0 Å². The number of aromatic nitrogens is 4. The molecule has 2 atom stereocenters. The highest BCUT2D eigenvalue weighted by Gasteiger charge is 2.36. The van der Waals surface area contributed by atoms with E-state index in [-0.39, 0.29) is 12.2 Å². The van der Waals surface area contributed by atoms with Crippen LogP contribution in [0.2, 0.25) is 0 Å². The second-order valence-electron chi connectivity index (χ2n) is 21.3. The van der Waals surface area contributed by atoms with Crippen molar-refractivity contribution >= 4 is 0 Å². The van der Waals surface area contributed by atoms with Crippen LogP contribution in [-0.4, -0.2) is 19.9 Å². The van der Waals surface area contributed by atoms with Crippen LogP contribution in [-0.2, 0) is 17.6 Å². The molecule has 0 radical (unpaired) electrons. The summed E-state index contributed by atoms with van der Waals surface area (Å²) >= 11 is 0. The first-order valence-corrected chi connectivity index (χ1v) is 28.6. The molecule has 2 aromatic heterocycles. The van der Waals surface area contributed by atoms with Gasteiger partial charge in [-0.3, -0.25) is 19.9 Å². The Hall–Kier alpha value is -3.44. The number of ether oxygens (including phenoxy) is 1. The van der Waals surface area contributed by atoms with Crippen LogP contribution in [0.3, 0.4) is 0 Å². The number of hydrogen-bond acceptors (Lipinski definition) is 5. The molecule has 5 heteroatoms. The minimum absolute atomic E-state index is 0.0581. The molecule has 0 saturated heterocycles. The fraction of sp³-hybridized carbons (Fsp3) is 0.677. The summed E-state index contributed by atoms with van der Waals surface area (Å²) in [7, 11) is 0. The highest BCUT2D eigenvalue weighted by atomic mass is 16.5. The molecule has 4 aromatic rings. The van der Waals surface area contributed by atoms with Gasteiger partial charge in [-0.25, -0.2) is 0 Å². The van der Waals surface area contributed by atoms with Crippen LogP contribution in [0.1, 0.15) is 255 Å². The molecule has 2 unspecified atom stereocenters. The molecule has 0 amide bonds. The Kier molecular flexibility index (Phi) is 24.4. The Morgan fingerprint density at radius 2 is 0.731 bits per heavy atom. The lowest BCUT2D eigenvalue weighted by molar-refractivity contribution is -0.0907. The van der Waals surface area contributed by atoms with E-state index in [2.05, 4.69) is 76.2 Å². The van der Waals surface area contributed by atoms with E-state index in [0.717, 1.165) is 58.6 Å². The number of rotatable bonds is 32. The molecule has 2 heterocycles. The van der Waals surface area contributed by atoms with Gasteiger partial charge in [0.05, 0.1) is 47.4 Å². The number of benzene rings is 2. The highest BCUT2D eigenvalue weighted by Crippen LogP contribution is 2.47. The molecule has 2 saturated carbocycles. The fourth-order valence-corrected chi connectivity index (χ4v) is 11.5. The Morgan fingerprint density at radius 3 is 1.07 bits per heavy atom. The summed E-state index contributed by atoms with van der Waals surface area (Å²) in [6.45, 7) is 9.23. The Bertz CT molecular complexity index is 1700. The van der Waals surface area contributed by atoms with Gasteiger partial charge in [-0.05, 0) is 86.2 Å². The minimum atomic E-state index is 0.0581. The first kappa shape index (κ1) is 52.9. The number of aryl methyl sites for hydroxylation is 2. The van der Waals surface area contributed by atoms with Crippen LogP contribution < -0.4 is 0 Å². The summed E-state index contributed by atoms with van der Waals surface area (Å²) in [4.78, 5) is 19.6. The summed E-state index contributed by atoms with van der Waals surface area (Å²) < 4.78 is 7.78. The van der Waals surface area contributed by atoms with E-state index in [4.69, 9.17) is 24.7 Å². The van der Waals surface area contributed by atoms with Gasteiger partial charge in [-0.1, -0.05) is 230 Å². The van der Waals surface area contributed by atoms with E-state index in [1.54, 1.807) is 0 Å². The minimum Gasteiger partial charge on any atom is -0.365 e. The molecule has 0 aliphatic heterocycles. The normalized spacial score (nSPS) is 19.6. The van der Waals surface area contributed by atoms with Gasteiger partial charge in [0.1, 0.15) is 0 Å². The molecule has 2 aliphatic rings. The van der Waals surface area contributed by atoms with Crippen molar-refractivity contribution < 1.29 is 4.74 Å². The summed E-state index contributed by atoms with van der Waals surface area (Å²) in [5.41, 5.74) is 9.07. The molecule has 0 bridgehead atoms. The monoisotopic (exact) mass is 911 g/mol. The van der Waals surface area contributed by atoms with Gasteiger partial charge >= 0.3 is 0 Å². The second kappa shape index (κ2) is 30.9. The third-order valence-electron chi connectivity index (χ3n) is 15.9. The largest absolute Gasteiger partial charge is 0.365 e. The van der Waals surface area contributed by atoms with E-state index in [9.17, 15) is 0 Å². The van der Waals surface area contributed by atoms with Crippen molar-refractivity contribution in [3.63, 3.8) is 0 Å². The molecule has 0 N–H and O–H groups in total. The van der Waals surface area contributed by atoms with Crippen molar-refractivity contribution in [2.75, 3.05) is 0 Å². The van der Waals surface area contributed by atoms with Gasteiger partial charge in [0.25, 0.3) is 0 Å². The molecule has 2 aromatic carbocycles. The summed E-state index contributed by atoms with van der Waals surface area (Å²) in [6.07, 6.45) is 49.8. The molecular formula is C62H94N4O. The van der Waals surface area contributed by atoms with E-state index in [0.29, 0.717) is 11.8 Å². The Morgan fingerprint density at radius 1 is 0.388 bits per heavy atom. The maximum absolute atomic E-state index is 7.78. The van der Waals surface area contributed by atoms with Crippen molar-refractivity contribution in [1.29, 1.82) is 0 Å². The van der Waals surface area contributed by atoms with Gasteiger partial charge in [-0.2, -0.15) is 0 Å². The molecule has 6 rings (SSSR count). The molecule has 0 spiro atoms. The Labute approximate surface area is 410 Å². The summed E-state index contributed by atoms with van der Waals surface area (Å²) in [5, 5.41) is 0. The van der Waals surface area contributed by atoms with Crippen LogP contribution in [0.15, 0.2) is 73.3 Å². The van der Waals surface area contributed by atoms with Crippen LogP contribution in [0.4, 0.5) is 0 Å². The van der Waals surface area contributed by atoms with Crippen molar-refractivity contribution in [2.24, 2.45) is 23.7 Å². The van der Waals surface area contributed by atoms with Crippen LogP contribution in [0.25, 0.3) is 22.5 Å². The van der Waals surface area contributed by atoms with Crippen molar-refractivity contribution in [3.05, 3.63) is 95.8 Å². The maximum Gasteiger partial charge on any atom is 0.0885 e. The zero-order chi connectivity index (χ0) is 46.7. The number of hydrogen-bond donors (Lipinski definition) is 0. The molecular weight excluding hydrogens is 817 g/mol. The standard InChI is InChI=1S/C62H94N4O/c1-5-9-13-15-17-19-23-27-57-45-65-59(47-63-57)51-37-41-55(42-38-51)61(53-33-29-49(30-34-53)25-21-11-7-3)67-62(54-35-31-50(32-36-54)26-22-12-8-4)56-43-39-52(40-44-56)60-48-64-58(46-66-60)28-24-20-18-16-14-10-6-2/h37-50,53-54,61-62H,5-36H2,1-4H3. The highest BCUT2D eigenvalue weighted by molar-refractivity contribution is 5.59. The van der Waals surface area contributed by atoms with E-state index in [1.165, 1.54) is 204 Å². The van der Waals surface area contributed by atoms with Gasteiger partial charge in [0, 0.05) is 23.5 Å². The van der Waals surface area contributed by atoms with Crippen molar-refractivity contribution in [2.45, 2.75) is 245 Å². The van der Waals surface area contributed by atoms with Crippen LogP contribution in [0, 0.1) is 23.7 Å². The number of nitrogens with zero attached hydrogens (tertiary/aromatic N) is 4.